The average molecular weight is 315 g/mol. The summed E-state index contributed by atoms with van der Waals surface area (Å²) >= 11 is 0. The molecule has 1 aromatic carbocycles. The Bertz CT molecular complexity index is 704. The second-order valence-corrected chi connectivity index (χ2v) is 5.31. The second-order valence-electron chi connectivity index (χ2n) is 5.31. The van der Waals surface area contributed by atoms with Gasteiger partial charge in [0.05, 0.1) is 24.0 Å². The highest BCUT2D eigenvalue weighted by molar-refractivity contribution is 5.94. The summed E-state index contributed by atoms with van der Waals surface area (Å²) in [6.07, 6.45) is 1.40. The lowest BCUT2D eigenvalue weighted by Crippen LogP contribution is -2.46. The van der Waals surface area contributed by atoms with Gasteiger partial charge >= 0.3 is 5.97 Å². The zero-order valence-corrected chi connectivity index (χ0v) is 12.5. The number of piperazine rings is 1. The molecule has 3 rings (SSSR count). The van der Waals surface area contributed by atoms with E-state index in [1.54, 1.807) is 30.5 Å². The van der Waals surface area contributed by atoms with Gasteiger partial charge in [-0.3, -0.25) is 9.59 Å². The molecule has 0 aliphatic carbocycles. The van der Waals surface area contributed by atoms with Crippen molar-refractivity contribution < 1.29 is 14.7 Å². The van der Waals surface area contributed by atoms with Crippen LogP contribution < -0.4 is 5.32 Å². The number of carbonyl (C=O) groups is 2. The summed E-state index contributed by atoms with van der Waals surface area (Å²) < 4.78 is 1.50. The summed E-state index contributed by atoms with van der Waals surface area (Å²) in [5.41, 5.74) is 1.74. The maximum atomic E-state index is 12.4. The highest BCUT2D eigenvalue weighted by Crippen LogP contribution is 2.12. The summed E-state index contributed by atoms with van der Waals surface area (Å²) in [5.74, 6) is -0.933. The quantitative estimate of drug-likeness (QED) is 0.820. The van der Waals surface area contributed by atoms with E-state index < -0.39 is 5.97 Å². The predicted octanol–water partition coefficient (Wildman–Crippen LogP) is -0.0602. The molecule has 0 saturated carbocycles. The number of nitrogens with one attached hydrogen (secondary N) is 1. The Balaban J connectivity index is 1.72. The van der Waals surface area contributed by atoms with Gasteiger partial charge < -0.3 is 15.3 Å². The van der Waals surface area contributed by atoms with Crippen LogP contribution in [0, 0.1) is 0 Å². The Kier molecular flexibility index (Phi) is 4.33. The molecule has 8 heteroatoms. The Hall–Kier alpha value is -2.74. The van der Waals surface area contributed by atoms with Crippen LogP contribution in [0.25, 0.3) is 5.69 Å². The van der Waals surface area contributed by atoms with E-state index >= 15 is 0 Å². The van der Waals surface area contributed by atoms with Crippen molar-refractivity contribution >= 4 is 11.9 Å². The summed E-state index contributed by atoms with van der Waals surface area (Å²) in [5, 5.41) is 19.7. The number of aliphatic carboxylic acids is 1. The topological polar surface area (TPSA) is 100 Å². The molecular weight excluding hydrogens is 298 g/mol. The Labute approximate surface area is 132 Å². The van der Waals surface area contributed by atoms with Gasteiger partial charge in [0.2, 0.25) is 0 Å². The number of hydrogen-bond donors (Lipinski definition) is 2. The van der Waals surface area contributed by atoms with E-state index in [0.29, 0.717) is 24.3 Å². The first-order chi connectivity index (χ1) is 11.1. The monoisotopic (exact) mass is 315 g/mol. The molecule has 2 aromatic rings. The SMILES string of the molecule is O=C(O)Cc1cn(-c2ccc(C(=O)N3CCNCC3)cc2)nn1. The molecule has 1 aliphatic rings. The highest BCUT2D eigenvalue weighted by Gasteiger charge is 2.17. The van der Waals surface area contributed by atoms with Crippen LogP contribution in [0.1, 0.15) is 16.1 Å². The summed E-state index contributed by atoms with van der Waals surface area (Å²) in [6, 6.07) is 7.04. The molecule has 23 heavy (non-hydrogen) atoms. The third kappa shape index (κ3) is 3.54. The minimum absolute atomic E-state index is 0.0169. The largest absolute Gasteiger partial charge is 0.481 e. The fraction of sp³-hybridized carbons (Fsp3) is 0.333. The van der Waals surface area contributed by atoms with Crippen molar-refractivity contribution in [2.24, 2.45) is 0 Å². The van der Waals surface area contributed by atoms with Crippen LogP contribution in [-0.2, 0) is 11.2 Å². The van der Waals surface area contributed by atoms with Crippen LogP contribution in [0.3, 0.4) is 0 Å². The fourth-order valence-corrected chi connectivity index (χ4v) is 2.47. The molecule has 0 radical (unpaired) electrons. The molecule has 0 atom stereocenters. The van der Waals surface area contributed by atoms with Crippen molar-refractivity contribution in [1.29, 1.82) is 0 Å². The highest BCUT2D eigenvalue weighted by atomic mass is 16.4. The minimum atomic E-state index is -0.950. The van der Waals surface area contributed by atoms with E-state index in [0.717, 1.165) is 18.8 Å². The van der Waals surface area contributed by atoms with Gasteiger partial charge in [0.15, 0.2) is 0 Å². The van der Waals surface area contributed by atoms with Gasteiger partial charge in [-0.2, -0.15) is 0 Å². The maximum Gasteiger partial charge on any atom is 0.309 e. The maximum absolute atomic E-state index is 12.4. The molecule has 2 N–H and O–H groups in total. The summed E-state index contributed by atoms with van der Waals surface area (Å²) in [7, 11) is 0. The molecule has 0 spiro atoms. The molecular formula is C15H17N5O3. The fourth-order valence-electron chi connectivity index (χ4n) is 2.47. The molecule has 120 valence electrons. The zero-order valence-electron chi connectivity index (χ0n) is 12.5. The lowest BCUT2D eigenvalue weighted by Gasteiger charge is -2.27. The first-order valence-electron chi connectivity index (χ1n) is 7.37. The minimum Gasteiger partial charge on any atom is -0.481 e. The molecule has 0 unspecified atom stereocenters. The van der Waals surface area contributed by atoms with E-state index in [2.05, 4.69) is 15.6 Å². The third-order valence-corrected chi connectivity index (χ3v) is 3.66. The first-order valence-corrected chi connectivity index (χ1v) is 7.37. The van der Waals surface area contributed by atoms with Crippen LogP contribution in [0.2, 0.25) is 0 Å². The van der Waals surface area contributed by atoms with E-state index in [1.165, 1.54) is 4.68 Å². The Morgan fingerprint density at radius 3 is 2.52 bits per heavy atom. The van der Waals surface area contributed by atoms with E-state index in [1.807, 2.05) is 4.90 Å². The van der Waals surface area contributed by atoms with Crippen LogP contribution in [0.15, 0.2) is 30.5 Å². The van der Waals surface area contributed by atoms with Gasteiger partial charge in [-0.1, -0.05) is 5.21 Å². The number of hydrogen-bond acceptors (Lipinski definition) is 5. The lowest BCUT2D eigenvalue weighted by molar-refractivity contribution is -0.136. The van der Waals surface area contributed by atoms with E-state index in [9.17, 15) is 9.59 Å². The van der Waals surface area contributed by atoms with Crippen molar-refractivity contribution in [2.75, 3.05) is 26.2 Å². The Morgan fingerprint density at radius 2 is 1.87 bits per heavy atom. The number of aromatic nitrogens is 3. The van der Waals surface area contributed by atoms with Gasteiger partial charge in [0.1, 0.15) is 0 Å². The predicted molar refractivity (Wildman–Crippen MR) is 81.5 cm³/mol. The summed E-state index contributed by atoms with van der Waals surface area (Å²) in [4.78, 5) is 24.9. The smallest absolute Gasteiger partial charge is 0.309 e. The number of carboxylic acids is 1. The molecule has 1 aromatic heterocycles. The third-order valence-electron chi connectivity index (χ3n) is 3.66. The number of amides is 1. The number of benzene rings is 1. The zero-order chi connectivity index (χ0) is 16.2. The molecule has 2 heterocycles. The van der Waals surface area contributed by atoms with Crippen LogP contribution in [0.5, 0.6) is 0 Å². The summed E-state index contributed by atoms with van der Waals surface area (Å²) in [6.45, 7) is 3.05. The lowest BCUT2D eigenvalue weighted by atomic mass is 10.1. The van der Waals surface area contributed by atoms with Crippen molar-refractivity contribution in [2.45, 2.75) is 6.42 Å². The van der Waals surface area contributed by atoms with E-state index in [-0.39, 0.29) is 12.3 Å². The van der Waals surface area contributed by atoms with Crippen LogP contribution in [-0.4, -0.2) is 63.1 Å². The normalized spacial score (nSPS) is 14.7. The van der Waals surface area contributed by atoms with Crippen molar-refractivity contribution in [3.05, 3.63) is 41.7 Å². The standard InChI is InChI=1S/C15H17N5O3/c21-14(22)9-12-10-20(18-17-12)13-3-1-11(2-4-13)15(23)19-7-5-16-6-8-19/h1-4,10,16H,5-9H2,(H,21,22). The average Bonchev–Trinajstić information content (AvgIpc) is 3.03. The van der Waals surface area contributed by atoms with Crippen molar-refractivity contribution in [1.82, 2.24) is 25.2 Å². The number of carbonyl (C=O) groups excluding carboxylic acids is 1. The molecule has 8 nitrogen and oxygen atoms in total. The van der Waals surface area contributed by atoms with Gasteiger partial charge in [0, 0.05) is 31.7 Å². The van der Waals surface area contributed by atoms with Gasteiger partial charge in [-0.05, 0) is 24.3 Å². The molecule has 1 aliphatic heterocycles. The van der Waals surface area contributed by atoms with Crippen molar-refractivity contribution in [3.63, 3.8) is 0 Å². The number of carboxylic acid groups (broad SMARTS) is 1. The second kappa shape index (κ2) is 6.57. The molecule has 1 fully saturated rings. The Morgan fingerprint density at radius 1 is 1.17 bits per heavy atom. The van der Waals surface area contributed by atoms with Gasteiger partial charge in [-0.25, -0.2) is 4.68 Å². The van der Waals surface area contributed by atoms with Gasteiger partial charge in [-0.15, -0.1) is 5.10 Å². The van der Waals surface area contributed by atoms with Crippen LogP contribution >= 0.6 is 0 Å². The molecule has 1 amide bonds. The van der Waals surface area contributed by atoms with Crippen LogP contribution in [0.4, 0.5) is 0 Å². The first kappa shape index (κ1) is 15.2. The molecule has 0 bridgehead atoms. The van der Waals surface area contributed by atoms with Crippen molar-refractivity contribution in [3.8, 4) is 5.69 Å². The van der Waals surface area contributed by atoms with Gasteiger partial charge in [0.25, 0.3) is 5.91 Å². The number of rotatable bonds is 4. The van der Waals surface area contributed by atoms with E-state index in [4.69, 9.17) is 5.11 Å². The number of nitrogens with zero attached hydrogens (tertiary/aromatic N) is 4. The molecule has 1 saturated heterocycles.